The molecule has 0 radical (unpaired) electrons. The van der Waals surface area contributed by atoms with Crippen molar-refractivity contribution in [3.63, 3.8) is 0 Å². The van der Waals surface area contributed by atoms with Crippen LogP contribution in [-0.2, 0) is 76.2 Å². The van der Waals surface area contributed by atoms with E-state index >= 15 is 0 Å². The molecule has 1 aromatic carbocycles. The SMILES string of the molecule is Cc1cc(C)c(NC(=O)CC[C@H](NC(=O)CCC(C(=O)OC(C)(C)C)N2CCN(CC(=O)OC(C)(C)C)CCN(CC(=O)OC(C)(C)C)CCN(CC(=O)OC(C)(C)C)CC2)C(=O)NCCOCCOCCOCCOCCOCCN=[N+]=[N-])c(C)c1Br. The van der Waals surface area contributed by atoms with E-state index in [9.17, 15) is 33.6 Å². The Labute approximate surface area is 530 Å². The Kier molecular flexibility index (Phi) is 36.5. The van der Waals surface area contributed by atoms with Crippen LogP contribution in [0.25, 0.3) is 10.4 Å². The summed E-state index contributed by atoms with van der Waals surface area (Å²) in [4.78, 5) is 107. The summed E-state index contributed by atoms with van der Waals surface area (Å²) in [6.07, 6.45) is -0.498. The van der Waals surface area contributed by atoms with Crippen molar-refractivity contribution in [3.05, 3.63) is 37.7 Å². The molecule has 27 heteroatoms. The fourth-order valence-electron chi connectivity index (χ4n) is 8.96. The van der Waals surface area contributed by atoms with Gasteiger partial charge in [0.25, 0.3) is 0 Å². The summed E-state index contributed by atoms with van der Waals surface area (Å²) in [5.41, 5.74) is 8.46. The molecule has 0 saturated carbocycles. The van der Waals surface area contributed by atoms with E-state index in [4.69, 9.17) is 48.2 Å². The number of anilines is 1. The third-order valence-electron chi connectivity index (χ3n) is 12.8. The molecule has 502 valence electrons. The molecule has 0 aliphatic carbocycles. The second-order valence-electron chi connectivity index (χ2n) is 25.6. The highest BCUT2D eigenvalue weighted by Crippen LogP contribution is 2.31. The van der Waals surface area contributed by atoms with Crippen molar-refractivity contribution in [2.24, 2.45) is 5.11 Å². The maximum atomic E-state index is 14.5. The first-order valence-corrected chi connectivity index (χ1v) is 31.3. The molecule has 2 rings (SSSR count). The molecule has 1 saturated heterocycles. The number of carbonyl (C=O) groups is 7. The largest absolute Gasteiger partial charge is 0.459 e. The zero-order valence-electron chi connectivity index (χ0n) is 55.4. The zero-order chi connectivity index (χ0) is 66.1. The molecule has 1 fully saturated rings. The average Bonchev–Trinajstić information content (AvgIpc) is 3.60. The predicted octanol–water partition coefficient (Wildman–Crippen LogP) is 5.82. The van der Waals surface area contributed by atoms with Crippen LogP contribution in [0, 0.1) is 20.8 Å². The number of benzene rings is 1. The highest BCUT2D eigenvalue weighted by atomic mass is 79.9. The molecule has 1 heterocycles. The summed E-state index contributed by atoms with van der Waals surface area (Å²) < 4.78 is 51.6. The van der Waals surface area contributed by atoms with E-state index in [0.29, 0.717) is 78.1 Å². The smallest absolute Gasteiger partial charge is 0.323 e. The van der Waals surface area contributed by atoms with E-state index in [1.54, 1.807) is 83.1 Å². The van der Waals surface area contributed by atoms with Gasteiger partial charge in [0.2, 0.25) is 17.7 Å². The Bertz CT molecular complexity index is 2340. The van der Waals surface area contributed by atoms with Crippen molar-refractivity contribution in [1.82, 2.24) is 30.2 Å². The molecular formula is C61H105BrN10O16. The number of esters is 4. The fraction of sp³-hybridized carbons (Fsp3) is 0.787. The minimum atomic E-state index is -1.16. The van der Waals surface area contributed by atoms with Crippen molar-refractivity contribution < 1.29 is 76.2 Å². The van der Waals surface area contributed by atoms with E-state index in [1.807, 2.05) is 46.4 Å². The van der Waals surface area contributed by atoms with Crippen LogP contribution < -0.4 is 16.0 Å². The van der Waals surface area contributed by atoms with Gasteiger partial charge in [0.05, 0.1) is 85.7 Å². The molecule has 1 aromatic rings. The molecule has 1 unspecified atom stereocenters. The molecule has 0 bridgehead atoms. The monoisotopic (exact) mass is 1310 g/mol. The van der Waals surface area contributed by atoms with Gasteiger partial charge in [-0.15, -0.1) is 0 Å². The summed E-state index contributed by atoms with van der Waals surface area (Å²) in [5.74, 6) is -3.43. The maximum Gasteiger partial charge on any atom is 0.323 e. The lowest BCUT2D eigenvalue weighted by atomic mass is 10.0. The number of aryl methyl sites for hydroxylation is 2. The quantitative estimate of drug-likeness (QED) is 0.0180. The maximum absolute atomic E-state index is 14.5. The molecular weight excluding hydrogens is 1210 g/mol. The normalized spacial score (nSPS) is 15.4. The van der Waals surface area contributed by atoms with E-state index in [-0.39, 0.29) is 110 Å². The Morgan fingerprint density at radius 2 is 0.955 bits per heavy atom. The number of hydrogen-bond acceptors (Lipinski definition) is 21. The zero-order valence-corrected chi connectivity index (χ0v) is 57.0. The summed E-state index contributed by atoms with van der Waals surface area (Å²) >= 11 is 3.61. The van der Waals surface area contributed by atoms with Gasteiger partial charge in [-0.25, -0.2) is 0 Å². The first-order valence-electron chi connectivity index (χ1n) is 30.5. The molecule has 0 spiro atoms. The molecule has 2 atom stereocenters. The number of ether oxygens (including phenoxy) is 9. The van der Waals surface area contributed by atoms with Gasteiger partial charge in [-0.2, -0.15) is 0 Å². The molecule has 1 aliphatic rings. The van der Waals surface area contributed by atoms with Gasteiger partial charge < -0.3 is 58.6 Å². The van der Waals surface area contributed by atoms with Gasteiger partial charge in [-0.05, 0) is 139 Å². The molecule has 3 N–H and O–H groups in total. The van der Waals surface area contributed by atoms with Crippen LogP contribution in [0.4, 0.5) is 5.69 Å². The highest BCUT2D eigenvalue weighted by molar-refractivity contribution is 9.10. The van der Waals surface area contributed by atoms with Crippen molar-refractivity contribution in [1.29, 1.82) is 0 Å². The second-order valence-corrected chi connectivity index (χ2v) is 26.3. The fourth-order valence-corrected chi connectivity index (χ4v) is 9.28. The van der Waals surface area contributed by atoms with Gasteiger partial charge >= 0.3 is 23.9 Å². The Morgan fingerprint density at radius 1 is 0.557 bits per heavy atom. The summed E-state index contributed by atoms with van der Waals surface area (Å²) in [6.45, 7) is 32.5. The van der Waals surface area contributed by atoms with Crippen LogP contribution in [0.2, 0.25) is 0 Å². The molecule has 88 heavy (non-hydrogen) atoms. The van der Waals surface area contributed by atoms with Gasteiger partial charge in [0.15, 0.2) is 0 Å². The Balaban J connectivity index is 2.36. The predicted molar refractivity (Wildman–Crippen MR) is 337 cm³/mol. The summed E-state index contributed by atoms with van der Waals surface area (Å²) in [5, 5.41) is 12.1. The van der Waals surface area contributed by atoms with Gasteiger partial charge in [-0.3, -0.25) is 53.2 Å². The lowest BCUT2D eigenvalue weighted by Gasteiger charge is -2.37. The van der Waals surface area contributed by atoms with Crippen LogP contribution >= 0.6 is 15.9 Å². The van der Waals surface area contributed by atoms with Gasteiger partial charge in [0.1, 0.15) is 34.5 Å². The third kappa shape index (κ3) is 37.2. The Hall–Kier alpha value is -5.06. The topological polar surface area (TPSA) is 300 Å². The number of rotatable bonds is 35. The van der Waals surface area contributed by atoms with Crippen molar-refractivity contribution >= 4 is 63.2 Å². The van der Waals surface area contributed by atoms with Crippen LogP contribution in [0.1, 0.15) is 125 Å². The van der Waals surface area contributed by atoms with Crippen LogP contribution in [-0.4, -0.2) is 247 Å². The van der Waals surface area contributed by atoms with Gasteiger partial charge in [-0.1, -0.05) is 27.1 Å². The summed E-state index contributed by atoms with van der Waals surface area (Å²) in [7, 11) is 0. The van der Waals surface area contributed by atoms with Crippen molar-refractivity contribution in [2.45, 2.75) is 164 Å². The number of halogens is 1. The Morgan fingerprint density at radius 3 is 1.38 bits per heavy atom. The van der Waals surface area contributed by atoms with Crippen LogP contribution in [0.15, 0.2) is 15.7 Å². The first kappa shape index (κ1) is 79.0. The number of nitrogens with one attached hydrogen (secondary N) is 3. The minimum absolute atomic E-state index is 0.0439. The van der Waals surface area contributed by atoms with E-state index in [0.717, 1.165) is 21.2 Å². The number of azide groups is 1. The first-order chi connectivity index (χ1) is 41.1. The second kappa shape index (κ2) is 40.6. The number of carbonyl (C=O) groups excluding carboxylic acids is 7. The van der Waals surface area contributed by atoms with E-state index in [1.165, 1.54) is 0 Å². The molecule has 3 amide bonds. The lowest BCUT2D eigenvalue weighted by Crippen LogP contribution is -2.53. The van der Waals surface area contributed by atoms with Crippen LogP contribution in [0.5, 0.6) is 0 Å². The van der Waals surface area contributed by atoms with Gasteiger partial charge in [0, 0.05) is 93.4 Å². The number of amides is 3. The minimum Gasteiger partial charge on any atom is -0.459 e. The molecule has 1 aliphatic heterocycles. The third-order valence-corrected chi connectivity index (χ3v) is 14.1. The standard InChI is InChI=1S/C61H105BrN10O16/c1-44-40-45(2)55(46(3)54(44)62)67-50(74)18-16-47(56(78)64-20-30-80-32-34-82-36-38-84-39-37-83-35-33-81-31-21-65-68-63)66-49(73)19-17-48(57(79)88-61(13,14)15)72-28-26-70(42-52(76)86-59(7,8)9)24-22-69(41-51(75)85-58(4,5)6)23-25-71(27-29-72)43-53(77)87-60(10,11)12/h40,47-48H,16-39,41-43H2,1-15H3,(H,64,78)(H,66,73)(H,67,74)/t47-,48?/m0/s1. The van der Waals surface area contributed by atoms with Crippen molar-refractivity contribution in [2.75, 3.05) is 156 Å². The van der Waals surface area contributed by atoms with E-state index < -0.39 is 70.2 Å². The number of hydrogen-bond donors (Lipinski definition) is 3. The highest BCUT2D eigenvalue weighted by Gasteiger charge is 2.34. The molecule has 26 nitrogen and oxygen atoms in total. The number of nitrogens with zero attached hydrogens (tertiary/aromatic N) is 7. The van der Waals surface area contributed by atoms with E-state index in [2.05, 4.69) is 41.9 Å². The summed E-state index contributed by atoms with van der Waals surface area (Å²) in [6, 6.07) is -0.241. The van der Waals surface area contributed by atoms with Crippen LogP contribution in [0.3, 0.4) is 0 Å². The lowest BCUT2D eigenvalue weighted by molar-refractivity contribution is -0.163. The van der Waals surface area contributed by atoms with Crippen molar-refractivity contribution in [3.8, 4) is 0 Å². The molecule has 0 aromatic heterocycles. The average molecular weight is 1310 g/mol.